The van der Waals surface area contributed by atoms with E-state index in [0.29, 0.717) is 35.4 Å². The van der Waals surface area contributed by atoms with Gasteiger partial charge in [0.1, 0.15) is 11.4 Å². The van der Waals surface area contributed by atoms with Crippen LogP contribution in [0, 0.1) is 19.7 Å². The second-order valence-corrected chi connectivity index (χ2v) is 12.3. The lowest BCUT2D eigenvalue weighted by Gasteiger charge is -2.30. The van der Waals surface area contributed by atoms with Crippen molar-refractivity contribution >= 4 is 32.2 Å². The Morgan fingerprint density at radius 3 is 2.38 bits per heavy atom. The number of aliphatic hydroxyl groups is 1. The number of aromatic nitrogens is 3. The average Bonchev–Trinajstić information content (AvgIpc) is 2.80. The van der Waals surface area contributed by atoms with Crippen molar-refractivity contribution in [1.29, 1.82) is 0 Å². The lowest BCUT2D eigenvalue weighted by Crippen LogP contribution is -2.41. The summed E-state index contributed by atoms with van der Waals surface area (Å²) in [5, 5.41) is 22.0. The maximum atomic E-state index is 15.3. The van der Waals surface area contributed by atoms with E-state index in [2.05, 4.69) is 20.5 Å². The molecule has 1 aliphatic heterocycles. The molecule has 0 unspecified atom stereocenters. The molecule has 1 aromatic carbocycles. The van der Waals surface area contributed by atoms with Crippen LogP contribution in [-0.2, 0) is 15.8 Å². The van der Waals surface area contributed by atoms with Gasteiger partial charge in [0.05, 0.1) is 45.7 Å². The molecule has 8 nitrogen and oxygen atoms in total. The SMILES string of the molecule is Cc1nc2c(C)nnc(N[C@H](C)c3cccc(C(F)(F)C(C)(C)O)c3F)c2cc1N1CCS(=O)(=O)CC1. The number of nitrogens with one attached hydrogen (secondary N) is 1. The maximum absolute atomic E-state index is 15.3. The average molecular weight is 538 g/mol. The number of benzene rings is 1. The largest absolute Gasteiger partial charge is 0.384 e. The molecule has 0 aliphatic carbocycles. The van der Waals surface area contributed by atoms with Crippen molar-refractivity contribution in [1.82, 2.24) is 15.2 Å². The highest BCUT2D eigenvalue weighted by Crippen LogP contribution is 2.41. The molecular formula is C25H30F3N5O3S. The standard InChI is InChI=1S/C25H30F3N5O3S/c1-14(17-7-6-8-19(21(17)26)25(27,28)24(4,5)34)30-23-18-13-20(33-9-11-37(35,36)12-10-33)15(2)29-22(18)16(3)31-32-23/h6-8,13-14,34H,9-12H2,1-5H3,(H,30,32)/t14-/m1/s1. The van der Waals surface area contributed by atoms with Crippen molar-refractivity contribution in [3.05, 3.63) is 52.6 Å². The Labute approximate surface area is 213 Å². The van der Waals surface area contributed by atoms with E-state index in [9.17, 15) is 22.3 Å². The topological polar surface area (TPSA) is 108 Å². The molecule has 12 heteroatoms. The van der Waals surface area contributed by atoms with E-state index in [4.69, 9.17) is 0 Å². The van der Waals surface area contributed by atoms with Gasteiger partial charge in [0.25, 0.3) is 0 Å². The maximum Gasteiger partial charge on any atom is 0.303 e. The van der Waals surface area contributed by atoms with Gasteiger partial charge in [0, 0.05) is 24.0 Å². The van der Waals surface area contributed by atoms with Crippen LogP contribution < -0.4 is 10.2 Å². The fourth-order valence-corrected chi connectivity index (χ4v) is 5.60. The number of pyridine rings is 1. The van der Waals surface area contributed by atoms with Gasteiger partial charge in [-0.3, -0.25) is 0 Å². The predicted molar refractivity (Wildman–Crippen MR) is 136 cm³/mol. The number of hydrogen-bond donors (Lipinski definition) is 2. The Bertz CT molecular complexity index is 1440. The minimum absolute atomic E-state index is 0.0292. The molecule has 3 aromatic rings. The van der Waals surface area contributed by atoms with Crippen molar-refractivity contribution in [2.24, 2.45) is 0 Å². The fraction of sp³-hybridized carbons (Fsp3) is 0.480. The van der Waals surface area contributed by atoms with Gasteiger partial charge in [0.2, 0.25) is 0 Å². The van der Waals surface area contributed by atoms with Crippen LogP contribution in [-0.4, -0.2) is 58.9 Å². The van der Waals surface area contributed by atoms with E-state index >= 15 is 4.39 Å². The van der Waals surface area contributed by atoms with E-state index in [1.54, 1.807) is 13.8 Å². The van der Waals surface area contributed by atoms with Crippen LogP contribution in [0.3, 0.4) is 0 Å². The summed E-state index contributed by atoms with van der Waals surface area (Å²) in [6, 6.07) is 4.73. The molecule has 3 heterocycles. The van der Waals surface area contributed by atoms with Crippen molar-refractivity contribution in [3.63, 3.8) is 0 Å². The number of halogens is 3. The third kappa shape index (κ3) is 5.08. The molecule has 2 N–H and O–H groups in total. The van der Waals surface area contributed by atoms with Crippen molar-refractivity contribution in [3.8, 4) is 0 Å². The normalized spacial score (nSPS) is 17.2. The number of fused-ring (bicyclic) bond motifs is 1. The van der Waals surface area contributed by atoms with E-state index in [1.807, 2.05) is 17.9 Å². The van der Waals surface area contributed by atoms with Crippen LogP contribution in [0.25, 0.3) is 10.9 Å². The Morgan fingerprint density at radius 1 is 1.11 bits per heavy atom. The number of anilines is 2. The first-order valence-electron chi connectivity index (χ1n) is 11.9. The van der Waals surface area contributed by atoms with Crippen LogP contribution >= 0.6 is 0 Å². The number of alkyl halides is 2. The molecule has 0 amide bonds. The fourth-order valence-electron chi connectivity index (χ4n) is 4.40. The Kier molecular flexibility index (Phi) is 6.87. The molecule has 0 bridgehead atoms. The molecule has 4 rings (SSSR count). The van der Waals surface area contributed by atoms with Crippen LogP contribution in [0.4, 0.5) is 24.7 Å². The molecule has 1 fully saturated rings. The first-order chi connectivity index (χ1) is 17.1. The summed E-state index contributed by atoms with van der Waals surface area (Å²) in [4.78, 5) is 6.64. The number of aryl methyl sites for hydroxylation is 2. The summed E-state index contributed by atoms with van der Waals surface area (Å²) in [6.07, 6.45) is 0. The molecule has 1 saturated heterocycles. The van der Waals surface area contributed by atoms with Crippen LogP contribution in [0.2, 0.25) is 0 Å². The van der Waals surface area contributed by atoms with Crippen molar-refractivity contribution in [2.45, 2.75) is 52.2 Å². The van der Waals surface area contributed by atoms with Gasteiger partial charge >= 0.3 is 5.92 Å². The van der Waals surface area contributed by atoms with Crippen molar-refractivity contribution < 1.29 is 26.7 Å². The highest BCUT2D eigenvalue weighted by Gasteiger charge is 2.49. The second-order valence-electron chi connectivity index (χ2n) is 9.97. The summed E-state index contributed by atoms with van der Waals surface area (Å²) in [7, 11) is -3.07. The summed E-state index contributed by atoms with van der Waals surface area (Å²) in [5.41, 5.74) is -0.794. The zero-order valence-electron chi connectivity index (χ0n) is 21.3. The summed E-state index contributed by atoms with van der Waals surface area (Å²) < 4.78 is 68.6. The Morgan fingerprint density at radius 2 is 1.76 bits per heavy atom. The van der Waals surface area contributed by atoms with Gasteiger partial charge in [-0.1, -0.05) is 12.1 Å². The van der Waals surface area contributed by atoms with E-state index in [1.165, 1.54) is 12.1 Å². The smallest absolute Gasteiger partial charge is 0.303 e. The molecule has 1 aliphatic rings. The summed E-state index contributed by atoms with van der Waals surface area (Å²) in [6.45, 7) is 7.72. The van der Waals surface area contributed by atoms with Gasteiger partial charge < -0.3 is 15.3 Å². The van der Waals surface area contributed by atoms with E-state index in [-0.39, 0.29) is 22.9 Å². The number of hydrogen-bond acceptors (Lipinski definition) is 8. The minimum atomic E-state index is -3.82. The van der Waals surface area contributed by atoms with Gasteiger partial charge in [-0.15, -0.1) is 5.10 Å². The van der Waals surface area contributed by atoms with Gasteiger partial charge in [-0.25, -0.2) is 17.8 Å². The summed E-state index contributed by atoms with van der Waals surface area (Å²) >= 11 is 0. The third-order valence-electron chi connectivity index (χ3n) is 6.72. The predicted octanol–water partition coefficient (Wildman–Crippen LogP) is 4.05. The molecule has 200 valence electrons. The highest BCUT2D eigenvalue weighted by atomic mass is 32.2. The lowest BCUT2D eigenvalue weighted by atomic mass is 9.91. The lowest BCUT2D eigenvalue weighted by molar-refractivity contribution is -0.170. The van der Waals surface area contributed by atoms with Gasteiger partial charge in [0.15, 0.2) is 15.7 Å². The zero-order valence-corrected chi connectivity index (χ0v) is 22.1. The van der Waals surface area contributed by atoms with Crippen LogP contribution in [0.5, 0.6) is 0 Å². The summed E-state index contributed by atoms with van der Waals surface area (Å²) in [5.74, 6) is -4.56. The number of rotatable bonds is 6. The Hall–Kier alpha value is -2.99. The first kappa shape index (κ1) is 27.1. The second kappa shape index (κ2) is 9.39. The Balaban J connectivity index is 1.73. The molecule has 0 spiro atoms. The highest BCUT2D eigenvalue weighted by molar-refractivity contribution is 7.91. The van der Waals surface area contributed by atoms with Crippen LogP contribution in [0.1, 0.15) is 49.3 Å². The molecule has 37 heavy (non-hydrogen) atoms. The van der Waals surface area contributed by atoms with Gasteiger partial charge in [-0.05, 0) is 46.8 Å². The van der Waals surface area contributed by atoms with Crippen LogP contribution in [0.15, 0.2) is 24.3 Å². The number of nitrogens with zero attached hydrogens (tertiary/aromatic N) is 4. The molecule has 1 atom stereocenters. The van der Waals surface area contributed by atoms with E-state index in [0.717, 1.165) is 25.6 Å². The molecular weight excluding hydrogens is 507 g/mol. The quantitative estimate of drug-likeness (QED) is 0.485. The molecule has 2 aromatic heterocycles. The van der Waals surface area contributed by atoms with E-state index < -0.39 is 38.8 Å². The third-order valence-corrected chi connectivity index (χ3v) is 8.33. The monoisotopic (exact) mass is 537 g/mol. The molecule has 0 radical (unpaired) electrons. The van der Waals surface area contributed by atoms with Gasteiger partial charge in [-0.2, -0.15) is 13.9 Å². The zero-order chi connectivity index (χ0) is 27.3. The first-order valence-corrected chi connectivity index (χ1v) is 13.7. The minimum Gasteiger partial charge on any atom is -0.384 e. The number of sulfone groups is 1. The molecule has 0 saturated carbocycles. The van der Waals surface area contributed by atoms with Crippen molar-refractivity contribution in [2.75, 3.05) is 34.8 Å².